The first-order chi connectivity index (χ1) is 9.08. The molecule has 1 aromatic carbocycles. The summed E-state index contributed by atoms with van der Waals surface area (Å²) >= 11 is 0. The van der Waals surface area contributed by atoms with Crippen LogP contribution < -0.4 is 5.73 Å². The Balaban J connectivity index is 2.30. The number of hydrogen-bond acceptors (Lipinski definition) is 1. The van der Waals surface area contributed by atoms with Gasteiger partial charge in [-0.2, -0.15) is 0 Å². The van der Waals surface area contributed by atoms with Crippen LogP contribution in [0.4, 0.5) is 4.39 Å². The van der Waals surface area contributed by atoms with Crippen LogP contribution in [0.1, 0.15) is 70.8 Å². The minimum atomic E-state index is -0.547. The summed E-state index contributed by atoms with van der Waals surface area (Å²) in [5.74, 6) is -0.185. The Labute approximate surface area is 117 Å². The lowest BCUT2D eigenvalue weighted by Gasteiger charge is -2.25. The van der Waals surface area contributed by atoms with E-state index in [9.17, 15) is 4.39 Å². The van der Waals surface area contributed by atoms with Gasteiger partial charge < -0.3 is 5.73 Å². The fraction of sp³-hybridized carbons (Fsp3) is 0.647. The molecule has 0 heterocycles. The van der Waals surface area contributed by atoms with Crippen molar-refractivity contribution in [3.63, 3.8) is 0 Å². The predicted molar refractivity (Wildman–Crippen MR) is 80.5 cm³/mol. The van der Waals surface area contributed by atoms with E-state index in [-0.39, 0.29) is 5.82 Å². The summed E-state index contributed by atoms with van der Waals surface area (Å²) in [6.07, 6.45) is 9.67. The normalized spacial score (nSPS) is 14.3. The third-order valence-electron chi connectivity index (χ3n) is 3.79. The van der Waals surface area contributed by atoms with Crippen molar-refractivity contribution in [1.29, 1.82) is 0 Å². The van der Waals surface area contributed by atoms with Gasteiger partial charge in [0.15, 0.2) is 0 Å². The van der Waals surface area contributed by atoms with E-state index in [0.717, 1.165) is 12.8 Å². The van der Waals surface area contributed by atoms with Crippen LogP contribution in [-0.2, 0) is 5.54 Å². The summed E-state index contributed by atoms with van der Waals surface area (Å²) in [6.45, 7) is 4.16. The smallest absolute Gasteiger partial charge is 0.128 e. The summed E-state index contributed by atoms with van der Waals surface area (Å²) in [5.41, 5.74) is 6.35. The third kappa shape index (κ3) is 5.73. The molecule has 2 heteroatoms. The van der Waals surface area contributed by atoms with Gasteiger partial charge >= 0.3 is 0 Å². The summed E-state index contributed by atoms with van der Waals surface area (Å²) in [6, 6.07) is 6.86. The molecule has 0 spiro atoms. The van der Waals surface area contributed by atoms with Gasteiger partial charge in [0.1, 0.15) is 5.82 Å². The first-order valence-corrected chi connectivity index (χ1v) is 7.62. The molecule has 0 amide bonds. The lowest BCUT2D eigenvalue weighted by molar-refractivity contribution is 0.402. The zero-order valence-corrected chi connectivity index (χ0v) is 12.4. The third-order valence-corrected chi connectivity index (χ3v) is 3.79. The summed E-state index contributed by atoms with van der Waals surface area (Å²) in [5, 5.41) is 0. The Morgan fingerprint density at radius 3 is 2.21 bits per heavy atom. The number of hydrogen-bond donors (Lipinski definition) is 1. The van der Waals surface area contributed by atoms with Gasteiger partial charge in [-0.25, -0.2) is 4.39 Å². The fourth-order valence-electron chi connectivity index (χ4n) is 2.51. The van der Waals surface area contributed by atoms with Crippen LogP contribution in [-0.4, -0.2) is 0 Å². The maximum Gasteiger partial charge on any atom is 0.128 e. The Morgan fingerprint density at radius 2 is 1.58 bits per heavy atom. The highest BCUT2D eigenvalue weighted by molar-refractivity contribution is 5.24. The molecule has 0 saturated heterocycles. The van der Waals surface area contributed by atoms with Crippen LogP contribution in [0.15, 0.2) is 24.3 Å². The molecule has 1 nitrogen and oxygen atoms in total. The maximum absolute atomic E-state index is 13.7. The summed E-state index contributed by atoms with van der Waals surface area (Å²) < 4.78 is 13.7. The van der Waals surface area contributed by atoms with Crippen molar-refractivity contribution in [2.75, 3.05) is 0 Å². The highest BCUT2D eigenvalue weighted by Gasteiger charge is 2.23. The highest BCUT2D eigenvalue weighted by atomic mass is 19.1. The number of halogens is 1. The van der Waals surface area contributed by atoms with E-state index in [4.69, 9.17) is 5.73 Å². The first kappa shape index (κ1) is 16.2. The van der Waals surface area contributed by atoms with E-state index >= 15 is 0 Å². The zero-order chi connectivity index (χ0) is 14.1. The van der Waals surface area contributed by atoms with E-state index < -0.39 is 5.54 Å². The van der Waals surface area contributed by atoms with Crippen molar-refractivity contribution < 1.29 is 4.39 Å². The average molecular weight is 265 g/mol. The lowest BCUT2D eigenvalue weighted by Crippen LogP contribution is -2.33. The Kier molecular flexibility index (Phi) is 7.07. The van der Waals surface area contributed by atoms with E-state index in [1.165, 1.54) is 44.6 Å². The molecular weight excluding hydrogens is 237 g/mol. The van der Waals surface area contributed by atoms with Crippen LogP contribution in [0, 0.1) is 5.82 Å². The highest BCUT2D eigenvalue weighted by Crippen LogP contribution is 2.26. The molecule has 0 aliphatic rings. The van der Waals surface area contributed by atoms with E-state index in [1.807, 2.05) is 13.0 Å². The van der Waals surface area contributed by atoms with Crippen LogP contribution in [0.2, 0.25) is 0 Å². The topological polar surface area (TPSA) is 26.0 Å². The van der Waals surface area contributed by atoms with Gasteiger partial charge in [0, 0.05) is 11.1 Å². The quantitative estimate of drug-likeness (QED) is 0.615. The summed E-state index contributed by atoms with van der Waals surface area (Å²) in [4.78, 5) is 0. The minimum Gasteiger partial charge on any atom is -0.322 e. The Bertz CT molecular complexity index is 360. The Morgan fingerprint density at radius 1 is 1.00 bits per heavy atom. The van der Waals surface area contributed by atoms with Crippen LogP contribution in [0.5, 0.6) is 0 Å². The van der Waals surface area contributed by atoms with Gasteiger partial charge in [-0.05, 0) is 19.4 Å². The SMILES string of the molecule is CCCCCCCCCC(C)(N)c1ccccc1F. The van der Waals surface area contributed by atoms with Gasteiger partial charge in [-0.15, -0.1) is 0 Å². The second-order valence-corrected chi connectivity index (χ2v) is 5.77. The molecule has 2 N–H and O–H groups in total. The molecular formula is C17H28FN. The standard InChI is InChI=1S/C17H28FN/c1-3-4-5-6-7-8-11-14-17(2,19)15-12-9-10-13-16(15)18/h9-10,12-13H,3-8,11,14,19H2,1-2H3. The monoisotopic (exact) mass is 265 g/mol. The largest absolute Gasteiger partial charge is 0.322 e. The molecule has 108 valence electrons. The molecule has 0 radical (unpaired) electrons. The lowest BCUT2D eigenvalue weighted by atomic mass is 9.87. The van der Waals surface area contributed by atoms with Gasteiger partial charge in [-0.3, -0.25) is 0 Å². The van der Waals surface area contributed by atoms with Gasteiger partial charge in [-0.1, -0.05) is 70.1 Å². The van der Waals surface area contributed by atoms with Crippen LogP contribution in [0.25, 0.3) is 0 Å². The fourth-order valence-corrected chi connectivity index (χ4v) is 2.51. The molecule has 1 atom stereocenters. The molecule has 0 fully saturated rings. The Hall–Kier alpha value is -0.890. The van der Waals surface area contributed by atoms with Gasteiger partial charge in [0.2, 0.25) is 0 Å². The predicted octanol–water partition coefficient (Wildman–Crippen LogP) is 5.14. The molecule has 1 aromatic rings. The number of unbranched alkanes of at least 4 members (excludes halogenated alkanes) is 6. The van der Waals surface area contributed by atoms with E-state index in [1.54, 1.807) is 12.1 Å². The van der Waals surface area contributed by atoms with Crippen molar-refractivity contribution >= 4 is 0 Å². The van der Waals surface area contributed by atoms with Crippen LogP contribution in [0.3, 0.4) is 0 Å². The molecule has 19 heavy (non-hydrogen) atoms. The van der Waals surface area contributed by atoms with Crippen molar-refractivity contribution in [1.82, 2.24) is 0 Å². The van der Waals surface area contributed by atoms with Crippen molar-refractivity contribution in [3.8, 4) is 0 Å². The summed E-state index contributed by atoms with van der Waals surface area (Å²) in [7, 11) is 0. The minimum absolute atomic E-state index is 0.185. The second kappa shape index (κ2) is 8.31. The molecule has 0 saturated carbocycles. The van der Waals surface area contributed by atoms with Crippen molar-refractivity contribution in [2.45, 2.75) is 70.8 Å². The molecule has 0 aliphatic carbocycles. The number of benzene rings is 1. The molecule has 0 aliphatic heterocycles. The van der Waals surface area contributed by atoms with Crippen molar-refractivity contribution in [3.05, 3.63) is 35.6 Å². The molecule has 0 bridgehead atoms. The van der Waals surface area contributed by atoms with Crippen LogP contribution >= 0.6 is 0 Å². The van der Waals surface area contributed by atoms with Gasteiger partial charge in [0.05, 0.1) is 0 Å². The molecule has 1 unspecified atom stereocenters. The average Bonchev–Trinajstić information content (AvgIpc) is 2.38. The van der Waals surface area contributed by atoms with Gasteiger partial charge in [0.25, 0.3) is 0 Å². The van der Waals surface area contributed by atoms with E-state index in [2.05, 4.69) is 6.92 Å². The van der Waals surface area contributed by atoms with E-state index in [0.29, 0.717) is 5.56 Å². The first-order valence-electron chi connectivity index (χ1n) is 7.62. The number of rotatable bonds is 9. The zero-order valence-electron chi connectivity index (χ0n) is 12.4. The molecule has 1 rings (SSSR count). The number of nitrogens with two attached hydrogens (primary N) is 1. The van der Waals surface area contributed by atoms with Crippen molar-refractivity contribution in [2.24, 2.45) is 5.73 Å². The molecule has 0 aromatic heterocycles. The maximum atomic E-state index is 13.7. The second-order valence-electron chi connectivity index (χ2n) is 5.77.